The van der Waals surface area contributed by atoms with Crippen LogP contribution in [0.5, 0.6) is 0 Å². The molecule has 0 fully saturated rings. The molecular formula is C18H19FN2. The van der Waals surface area contributed by atoms with Crippen LogP contribution < -0.4 is 0 Å². The molecule has 0 spiro atoms. The number of imidazole rings is 1. The summed E-state index contributed by atoms with van der Waals surface area (Å²) in [6, 6.07) is 6.34. The number of hydrogen-bond donors (Lipinski definition) is 1. The van der Waals surface area contributed by atoms with Gasteiger partial charge in [0.05, 0.1) is 5.69 Å². The lowest BCUT2D eigenvalue weighted by Crippen LogP contribution is -1.83. The van der Waals surface area contributed by atoms with E-state index < -0.39 is 0 Å². The summed E-state index contributed by atoms with van der Waals surface area (Å²) >= 11 is 0. The molecule has 0 saturated carbocycles. The largest absolute Gasteiger partial charge is 0.341 e. The molecule has 2 rings (SSSR count). The number of nitrogens with one attached hydrogen (secondary N) is 1. The van der Waals surface area contributed by atoms with Gasteiger partial charge in [-0.2, -0.15) is 0 Å². The van der Waals surface area contributed by atoms with Crippen LogP contribution in [0.15, 0.2) is 54.6 Å². The van der Waals surface area contributed by atoms with Crippen molar-refractivity contribution in [2.24, 2.45) is 0 Å². The van der Waals surface area contributed by atoms with Gasteiger partial charge < -0.3 is 4.98 Å². The topological polar surface area (TPSA) is 28.7 Å². The van der Waals surface area contributed by atoms with Gasteiger partial charge in [-0.05, 0) is 43.7 Å². The Morgan fingerprint density at radius 3 is 2.48 bits per heavy atom. The van der Waals surface area contributed by atoms with Crippen LogP contribution in [0.2, 0.25) is 0 Å². The van der Waals surface area contributed by atoms with Crippen LogP contribution in [0.1, 0.15) is 25.2 Å². The van der Waals surface area contributed by atoms with Crippen molar-refractivity contribution >= 4 is 6.08 Å². The molecule has 2 aromatic rings. The molecule has 3 heteroatoms. The van der Waals surface area contributed by atoms with Gasteiger partial charge in [0.2, 0.25) is 0 Å². The summed E-state index contributed by atoms with van der Waals surface area (Å²) in [6.45, 7) is 4.06. The zero-order valence-corrected chi connectivity index (χ0v) is 12.3. The molecule has 2 nitrogen and oxygen atoms in total. The van der Waals surface area contributed by atoms with Gasteiger partial charge in [0.25, 0.3) is 0 Å². The second-order valence-electron chi connectivity index (χ2n) is 4.58. The van der Waals surface area contributed by atoms with E-state index in [1.54, 1.807) is 12.1 Å². The number of hydrogen-bond acceptors (Lipinski definition) is 1. The van der Waals surface area contributed by atoms with E-state index >= 15 is 0 Å². The number of halogens is 1. The maximum atomic E-state index is 13.0. The van der Waals surface area contributed by atoms with E-state index in [1.807, 2.05) is 43.4 Å². The molecular weight excluding hydrogens is 263 g/mol. The van der Waals surface area contributed by atoms with Crippen LogP contribution in [-0.2, 0) is 6.42 Å². The van der Waals surface area contributed by atoms with Crippen molar-refractivity contribution in [1.29, 1.82) is 0 Å². The minimum atomic E-state index is -0.241. The van der Waals surface area contributed by atoms with Crippen LogP contribution >= 0.6 is 0 Å². The van der Waals surface area contributed by atoms with Crippen molar-refractivity contribution in [3.63, 3.8) is 0 Å². The van der Waals surface area contributed by atoms with Crippen LogP contribution in [0.4, 0.5) is 4.39 Å². The van der Waals surface area contributed by atoms with Gasteiger partial charge in [-0.1, -0.05) is 37.3 Å². The standard InChI is InChI=1S/C18H19FN2/c1-3-5-6-7-8-9-17-16(4-2)20-18(21-17)14-10-12-15(19)13-11-14/h3,5-13H,4H2,1-2H3,(H,20,21)/b5-3-,7-6-,9-8+. The van der Waals surface area contributed by atoms with E-state index in [0.29, 0.717) is 0 Å². The molecule has 0 amide bonds. The zero-order chi connectivity index (χ0) is 15.1. The predicted octanol–water partition coefficient (Wildman–Crippen LogP) is 4.92. The molecule has 0 bridgehead atoms. The maximum Gasteiger partial charge on any atom is 0.138 e. The van der Waals surface area contributed by atoms with Gasteiger partial charge in [0.15, 0.2) is 0 Å². The lowest BCUT2D eigenvalue weighted by Gasteiger charge is -1.95. The summed E-state index contributed by atoms with van der Waals surface area (Å²) in [7, 11) is 0. The minimum Gasteiger partial charge on any atom is -0.341 e. The maximum absolute atomic E-state index is 13.0. The van der Waals surface area contributed by atoms with Crippen LogP contribution in [0.3, 0.4) is 0 Å². The van der Waals surface area contributed by atoms with Crippen molar-refractivity contribution in [3.8, 4) is 11.4 Å². The molecule has 0 radical (unpaired) electrons. The second kappa shape index (κ2) is 7.39. The van der Waals surface area contributed by atoms with E-state index in [4.69, 9.17) is 0 Å². The van der Waals surface area contributed by atoms with Crippen molar-refractivity contribution < 1.29 is 4.39 Å². The highest BCUT2D eigenvalue weighted by Crippen LogP contribution is 2.20. The number of allylic oxidation sites excluding steroid dienone is 5. The Bertz CT molecular complexity index is 661. The number of aryl methyl sites for hydroxylation is 1. The van der Waals surface area contributed by atoms with Gasteiger partial charge in [0.1, 0.15) is 11.6 Å². The summed E-state index contributed by atoms with van der Waals surface area (Å²) in [5.74, 6) is 0.527. The highest BCUT2D eigenvalue weighted by molar-refractivity contribution is 5.60. The van der Waals surface area contributed by atoms with Gasteiger partial charge in [0, 0.05) is 11.3 Å². The molecule has 0 aliphatic heterocycles. The first-order valence-electron chi connectivity index (χ1n) is 7.05. The smallest absolute Gasteiger partial charge is 0.138 e. The molecule has 0 unspecified atom stereocenters. The number of aromatic nitrogens is 2. The zero-order valence-electron chi connectivity index (χ0n) is 12.3. The Balaban J connectivity index is 2.24. The Labute approximate surface area is 124 Å². The highest BCUT2D eigenvalue weighted by atomic mass is 19.1. The van der Waals surface area contributed by atoms with Gasteiger partial charge in [-0.3, -0.25) is 0 Å². The van der Waals surface area contributed by atoms with Crippen molar-refractivity contribution in [2.45, 2.75) is 20.3 Å². The third-order valence-corrected chi connectivity index (χ3v) is 3.06. The van der Waals surface area contributed by atoms with Gasteiger partial charge in [-0.15, -0.1) is 0 Å². The van der Waals surface area contributed by atoms with Crippen LogP contribution in [0.25, 0.3) is 17.5 Å². The average Bonchev–Trinajstić information content (AvgIpc) is 2.91. The first-order chi connectivity index (χ1) is 10.2. The van der Waals surface area contributed by atoms with E-state index in [1.165, 1.54) is 12.1 Å². The number of H-pyrrole nitrogens is 1. The van der Waals surface area contributed by atoms with E-state index in [-0.39, 0.29) is 5.82 Å². The summed E-state index contributed by atoms with van der Waals surface area (Å²) in [6.07, 6.45) is 12.7. The lowest BCUT2D eigenvalue weighted by atomic mass is 10.2. The molecule has 0 saturated heterocycles. The normalized spacial score (nSPS) is 12.1. The summed E-state index contributed by atoms with van der Waals surface area (Å²) in [5.41, 5.74) is 2.88. The van der Waals surface area contributed by atoms with Crippen LogP contribution in [0, 0.1) is 5.82 Å². The molecule has 0 atom stereocenters. The van der Waals surface area contributed by atoms with Crippen LogP contribution in [-0.4, -0.2) is 9.97 Å². The molecule has 1 aromatic heterocycles. The molecule has 1 aromatic carbocycles. The molecule has 108 valence electrons. The Morgan fingerprint density at radius 1 is 1.10 bits per heavy atom. The average molecular weight is 282 g/mol. The Morgan fingerprint density at radius 2 is 1.81 bits per heavy atom. The predicted molar refractivity (Wildman–Crippen MR) is 86.3 cm³/mol. The quantitative estimate of drug-likeness (QED) is 0.774. The molecule has 1 heterocycles. The van der Waals surface area contributed by atoms with E-state index in [2.05, 4.69) is 16.9 Å². The van der Waals surface area contributed by atoms with Gasteiger partial charge in [-0.25, -0.2) is 9.37 Å². The summed E-state index contributed by atoms with van der Waals surface area (Å²) in [4.78, 5) is 7.88. The molecule has 21 heavy (non-hydrogen) atoms. The first kappa shape index (κ1) is 15.0. The monoisotopic (exact) mass is 282 g/mol. The number of aromatic amines is 1. The lowest BCUT2D eigenvalue weighted by molar-refractivity contribution is 0.628. The third kappa shape index (κ3) is 4.02. The highest BCUT2D eigenvalue weighted by Gasteiger charge is 2.08. The number of benzene rings is 1. The number of nitrogens with zero attached hydrogens (tertiary/aromatic N) is 1. The molecule has 1 N–H and O–H groups in total. The van der Waals surface area contributed by atoms with Crippen molar-refractivity contribution in [1.82, 2.24) is 9.97 Å². The summed E-state index contributed by atoms with van der Waals surface area (Å²) < 4.78 is 13.0. The Hall–Kier alpha value is -2.42. The fourth-order valence-corrected chi connectivity index (χ4v) is 1.96. The number of rotatable bonds is 5. The van der Waals surface area contributed by atoms with Crippen molar-refractivity contribution in [2.75, 3.05) is 0 Å². The van der Waals surface area contributed by atoms with Gasteiger partial charge >= 0.3 is 0 Å². The first-order valence-corrected chi connectivity index (χ1v) is 7.05. The SMILES string of the molecule is C\C=C/C=C\C=C\c1nc(-c2ccc(F)cc2)[nH]c1CC. The van der Waals surface area contributed by atoms with E-state index in [9.17, 15) is 4.39 Å². The van der Waals surface area contributed by atoms with E-state index in [0.717, 1.165) is 29.2 Å². The second-order valence-corrected chi connectivity index (χ2v) is 4.58. The Kier molecular flexibility index (Phi) is 5.27. The minimum absolute atomic E-state index is 0.241. The van der Waals surface area contributed by atoms with Crippen molar-refractivity contribution in [3.05, 3.63) is 71.9 Å². The fraction of sp³-hybridized carbons (Fsp3) is 0.167. The molecule has 0 aliphatic carbocycles. The summed E-state index contributed by atoms with van der Waals surface area (Å²) in [5, 5.41) is 0. The third-order valence-electron chi connectivity index (χ3n) is 3.06. The fourth-order valence-electron chi connectivity index (χ4n) is 1.96. The molecule has 0 aliphatic rings.